The van der Waals surface area contributed by atoms with E-state index in [4.69, 9.17) is 0 Å². The highest BCUT2D eigenvalue weighted by atomic mass is 19.3. The Labute approximate surface area is 61.1 Å². The first-order valence-corrected chi connectivity index (χ1v) is 2.95. The summed E-state index contributed by atoms with van der Waals surface area (Å²) in [6.07, 6.45) is -2.63. The van der Waals surface area contributed by atoms with Crippen LogP contribution in [0.3, 0.4) is 0 Å². The van der Waals surface area contributed by atoms with Crippen molar-refractivity contribution in [2.24, 2.45) is 0 Å². The molecule has 60 valence electrons. The molecule has 1 aromatic heterocycles. The summed E-state index contributed by atoms with van der Waals surface area (Å²) in [6, 6.07) is 0.854. The fourth-order valence-electron chi connectivity index (χ4n) is 0.702. The number of nitrogens with one attached hydrogen (secondary N) is 1. The fourth-order valence-corrected chi connectivity index (χ4v) is 0.702. The molecule has 0 fully saturated rings. The minimum absolute atomic E-state index is 0.152. The molecule has 1 N–H and O–H groups in total. The van der Waals surface area contributed by atoms with E-state index in [1.54, 1.807) is 0 Å². The van der Waals surface area contributed by atoms with Crippen LogP contribution in [0, 0.1) is 6.92 Å². The lowest BCUT2D eigenvalue weighted by molar-refractivity contribution is 0.149. The Kier molecular flexibility index (Phi) is 1.98. The maximum absolute atomic E-state index is 12.0. The predicted molar refractivity (Wildman–Crippen MR) is 34.6 cm³/mol. The molecule has 1 rings (SSSR count). The first kappa shape index (κ1) is 7.84. The summed E-state index contributed by atoms with van der Waals surface area (Å²) >= 11 is 0. The van der Waals surface area contributed by atoms with E-state index in [1.165, 1.54) is 6.92 Å². The van der Waals surface area contributed by atoms with Crippen molar-refractivity contribution in [2.45, 2.75) is 13.3 Å². The Hall–Kier alpha value is -1.26. The second-order valence-electron chi connectivity index (χ2n) is 2.07. The van der Waals surface area contributed by atoms with Crippen LogP contribution in [0.4, 0.5) is 8.78 Å². The van der Waals surface area contributed by atoms with Gasteiger partial charge in [-0.2, -0.15) is 5.10 Å². The van der Waals surface area contributed by atoms with E-state index in [0.29, 0.717) is 0 Å². The average Bonchev–Trinajstić information content (AvgIpc) is 1.94. The minimum atomic E-state index is -2.63. The van der Waals surface area contributed by atoms with E-state index in [-0.39, 0.29) is 11.3 Å². The maximum Gasteiger partial charge on any atom is 0.265 e. The van der Waals surface area contributed by atoms with E-state index >= 15 is 0 Å². The Bertz CT molecular complexity index is 308. The monoisotopic (exact) mass is 160 g/mol. The fraction of sp³-hybridized carbons (Fsp3) is 0.333. The van der Waals surface area contributed by atoms with Crippen LogP contribution in [0.25, 0.3) is 0 Å². The van der Waals surface area contributed by atoms with Crippen LogP contribution in [0.2, 0.25) is 0 Å². The van der Waals surface area contributed by atoms with Gasteiger partial charge in [0.1, 0.15) is 0 Å². The summed E-state index contributed by atoms with van der Waals surface area (Å²) in [5.41, 5.74) is -0.765. The molecule has 1 aromatic rings. The molecule has 0 aromatic carbocycles. The lowest BCUT2D eigenvalue weighted by Crippen LogP contribution is -2.10. The van der Waals surface area contributed by atoms with E-state index < -0.39 is 12.0 Å². The summed E-state index contributed by atoms with van der Waals surface area (Å²) in [6.45, 7) is 1.41. The van der Waals surface area contributed by atoms with Gasteiger partial charge in [0.15, 0.2) is 0 Å². The van der Waals surface area contributed by atoms with Crippen LogP contribution in [0.15, 0.2) is 10.9 Å². The number of aromatic nitrogens is 2. The molecule has 3 nitrogen and oxygen atoms in total. The van der Waals surface area contributed by atoms with E-state index in [1.807, 2.05) is 0 Å². The molecular formula is C6H6F2N2O. The molecular weight excluding hydrogens is 154 g/mol. The van der Waals surface area contributed by atoms with Crippen LogP contribution in [0.5, 0.6) is 0 Å². The van der Waals surface area contributed by atoms with Crippen LogP contribution in [-0.2, 0) is 0 Å². The summed E-state index contributed by atoms with van der Waals surface area (Å²) in [5.74, 6) is 0. The van der Waals surface area contributed by atoms with Gasteiger partial charge in [0.05, 0.1) is 5.69 Å². The Morgan fingerprint density at radius 3 is 2.73 bits per heavy atom. The van der Waals surface area contributed by atoms with Crippen molar-refractivity contribution in [2.75, 3.05) is 0 Å². The normalized spacial score (nSPS) is 10.5. The molecule has 0 saturated heterocycles. The Morgan fingerprint density at radius 1 is 1.64 bits per heavy atom. The zero-order chi connectivity index (χ0) is 8.43. The number of alkyl halides is 2. The molecule has 0 radical (unpaired) electrons. The highest BCUT2D eigenvalue weighted by Gasteiger charge is 2.11. The van der Waals surface area contributed by atoms with Crippen molar-refractivity contribution < 1.29 is 8.78 Å². The number of halogens is 2. The van der Waals surface area contributed by atoms with Gasteiger partial charge in [0, 0.05) is 11.6 Å². The van der Waals surface area contributed by atoms with Crippen LogP contribution in [-0.4, -0.2) is 10.2 Å². The van der Waals surface area contributed by atoms with Gasteiger partial charge in [0.25, 0.3) is 12.0 Å². The number of H-pyrrole nitrogens is 1. The molecule has 0 aliphatic carbocycles. The smallest absolute Gasteiger partial charge is 0.265 e. The van der Waals surface area contributed by atoms with Crippen molar-refractivity contribution in [1.82, 2.24) is 10.2 Å². The summed E-state index contributed by atoms with van der Waals surface area (Å²) < 4.78 is 24.0. The van der Waals surface area contributed by atoms with Crippen molar-refractivity contribution >= 4 is 0 Å². The number of rotatable bonds is 1. The molecule has 5 heteroatoms. The van der Waals surface area contributed by atoms with Crippen molar-refractivity contribution in [3.8, 4) is 0 Å². The lowest BCUT2D eigenvalue weighted by atomic mass is 10.2. The molecule has 1 heterocycles. The van der Waals surface area contributed by atoms with Gasteiger partial charge >= 0.3 is 0 Å². The lowest BCUT2D eigenvalue weighted by Gasteiger charge is -1.99. The van der Waals surface area contributed by atoms with E-state index in [0.717, 1.165) is 6.07 Å². The first-order valence-electron chi connectivity index (χ1n) is 2.95. The number of aromatic amines is 1. The number of hydrogen-bond donors (Lipinski definition) is 1. The number of nitrogens with zero attached hydrogens (tertiary/aromatic N) is 1. The van der Waals surface area contributed by atoms with Crippen molar-refractivity contribution in [3.05, 3.63) is 27.7 Å². The summed E-state index contributed by atoms with van der Waals surface area (Å²) in [5, 5.41) is 5.44. The third kappa shape index (κ3) is 1.60. The summed E-state index contributed by atoms with van der Waals surface area (Å²) in [4.78, 5) is 10.5. The van der Waals surface area contributed by atoms with E-state index in [2.05, 4.69) is 10.2 Å². The van der Waals surface area contributed by atoms with Crippen LogP contribution >= 0.6 is 0 Å². The van der Waals surface area contributed by atoms with Gasteiger partial charge in [-0.05, 0) is 6.92 Å². The quantitative estimate of drug-likeness (QED) is 0.666. The first-order chi connectivity index (χ1) is 5.11. The third-order valence-corrected chi connectivity index (χ3v) is 1.27. The molecule has 0 saturated carbocycles. The van der Waals surface area contributed by atoms with Gasteiger partial charge in [-0.1, -0.05) is 0 Å². The van der Waals surface area contributed by atoms with Crippen molar-refractivity contribution in [3.63, 3.8) is 0 Å². The van der Waals surface area contributed by atoms with E-state index in [9.17, 15) is 13.6 Å². The standard InChI is InChI=1S/C6H6F2N2O/c1-3-4(6(7)8)2-5(11)10-9-3/h2,6H,1H3,(H,10,11). The van der Waals surface area contributed by atoms with Gasteiger partial charge in [-0.15, -0.1) is 0 Å². The Morgan fingerprint density at radius 2 is 2.27 bits per heavy atom. The highest BCUT2D eigenvalue weighted by molar-refractivity contribution is 5.16. The maximum atomic E-state index is 12.0. The molecule has 0 aliphatic heterocycles. The van der Waals surface area contributed by atoms with Gasteiger partial charge in [0.2, 0.25) is 0 Å². The average molecular weight is 160 g/mol. The van der Waals surface area contributed by atoms with Crippen LogP contribution < -0.4 is 5.56 Å². The molecule has 0 unspecified atom stereocenters. The molecule has 0 spiro atoms. The van der Waals surface area contributed by atoms with Crippen molar-refractivity contribution in [1.29, 1.82) is 0 Å². The highest BCUT2D eigenvalue weighted by Crippen LogP contribution is 2.18. The zero-order valence-electron chi connectivity index (χ0n) is 5.77. The number of hydrogen-bond acceptors (Lipinski definition) is 2. The van der Waals surface area contributed by atoms with Gasteiger partial charge < -0.3 is 0 Å². The second kappa shape index (κ2) is 2.77. The molecule has 0 bridgehead atoms. The molecule has 0 amide bonds. The van der Waals surface area contributed by atoms with Gasteiger partial charge in [-0.3, -0.25) is 4.79 Å². The topological polar surface area (TPSA) is 45.8 Å². The minimum Gasteiger partial charge on any atom is -0.268 e. The molecule has 0 atom stereocenters. The third-order valence-electron chi connectivity index (χ3n) is 1.27. The SMILES string of the molecule is Cc1n[nH]c(=O)cc1C(F)F. The number of aryl methyl sites for hydroxylation is 1. The summed E-state index contributed by atoms with van der Waals surface area (Å²) in [7, 11) is 0. The Balaban J connectivity index is 3.23. The molecule has 11 heavy (non-hydrogen) atoms. The van der Waals surface area contributed by atoms with Crippen LogP contribution in [0.1, 0.15) is 17.7 Å². The second-order valence-corrected chi connectivity index (χ2v) is 2.07. The largest absolute Gasteiger partial charge is 0.268 e. The van der Waals surface area contributed by atoms with Gasteiger partial charge in [-0.25, -0.2) is 13.9 Å². The molecule has 0 aliphatic rings. The predicted octanol–water partition coefficient (Wildman–Crippen LogP) is 1.02. The zero-order valence-corrected chi connectivity index (χ0v) is 5.77.